The van der Waals surface area contributed by atoms with E-state index in [9.17, 15) is 5.11 Å². The van der Waals surface area contributed by atoms with Crippen LogP contribution in [0.4, 0.5) is 0 Å². The zero-order chi connectivity index (χ0) is 34.2. The Bertz CT molecular complexity index is 2170. The number of phenolic OH excluding ortho intramolecular Hbond substituents is 1. The zero-order valence-electron chi connectivity index (χ0n) is 27.6. The maximum atomic E-state index is 9.69. The van der Waals surface area contributed by atoms with Crippen LogP contribution in [0.1, 0.15) is 19.4 Å². The number of aromatic nitrogens is 6. The summed E-state index contributed by atoms with van der Waals surface area (Å²) in [6.45, 7) is 4.70. The first kappa shape index (κ1) is 33.7. The number of thioether (sulfide) groups is 2. The van der Waals surface area contributed by atoms with E-state index in [-0.39, 0.29) is 5.75 Å². The Morgan fingerprint density at radius 3 is 1.76 bits per heavy atom. The minimum absolute atomic E-state index is 0.117. The van der Waals surface area contributed by atoms with Gasteiger partial charge in [0.25, 0.3) is 0 Å². The molecule has 250 valence electrons. The number of imidazole rings is 2. The molecule has 0 radical (unpaired) electrons. The highest BCUT2D eigenvalue weighted by molar-refractivity contribution is 7.99. The summed E-state index contributed by atoms with van der Waals surface area (Å²) in [6.07, 6.45) is 7.40. The fourth-order valence-electron chi connectivity index (χ4n) is 5.07. The SMILES string of the molecule is CCSc1nc(-c2ccc(O)c(OC)c2)cc2nccn12.CCSc1nc(-c2ccc(OCc3ccccc3)c(OC)c2)cc2nccn12. The Morgan fingerprint density at radius 1 is 0.653 bits per heavy atom. The molecule has 0 spiro atoms. The first-order chi connectivity index (χ1) is 24.0. The van der Waals surface area contributed by atoms with E-state index in [1.54, 1.807) is 55.2 Å². The molecule has 0 unspecified atom stereocenters. The number of aromatic hydroxyl groups is 1. The number of nitrogens with zero attached hydrogens (tertiary/aromatic N) is 6. The van der Waals surface area contributed by atoms with E-state index in [2.05, 4.69) is 28.8 Å². The number of benzene rings is 3. The quantitative estimate of drug-likeness (QED) is 0.105. The Labute approximate surface area is 293 Å². The lowest BCUT2D eigenvalue weighted by molar-refractivity contribution is 0.284. The summed E-state index contributed by atoms with van der Waals surface area (Å²) in [5.74, 6) is 3.82. The number of hydrogen-bond donors (Lipinski definition) is 1. The molecule has 0 fully saturated rings. The van der Waals surface area contributed by atoms with Gasteiger partial charge in [0.2, 0.25) is 0 Å². The lowest BCUT2D eigenvalue weighted by Crippen LogP contribution is -1.99. The molecule has 0 bridgehead atoms. The van der Waals surface area contributed by atoms with Gasteiger partial charge in [-0.3, -0.25) is 8.80 Å². The fraction of sp³-hybridized carbons (Fsp3) is 0.189. The van der Waals surface area contributed by atoms with Crippen molar-refractivity contribution in [3.05, 3.63) is 109 Å². The van der Waals surface area contributed by atoms with Gasteiger partial charge < -0.3 is 19.3 Å². The molecule has 49 heavy (non-hydrogen) atoms. The summed E-state index contributed by atoms with van der Waals surface area (Å²) < 4.78 is 20.7. The number of ether oxygens (including phenoxy) is 3. The molecular formula is C37H36N6O4S2. The van der Waals surface area contributed by atoms with Crippen molar-refractivity contribution < 1.29 is 19.3 Å². The highest BCUT2D eigenvalue weighted by Gasteiger charge is 2.13. The number of phenols is 1. The normalized spacial score (nSPS) is 10.9. The van der Waals surface area contributed by atoms with Gasteiger partial charge in [0.1, 0.15) is 17.9 Å². The Balaban J connectivity index is 0.000000177. The minimum atomic E-state index is 0.117. The summed E-state index contributed by atoms with van der Waals surface area (Å²) in [5, 5.41) is 11.5. The molecular weight excluding hydrogens is 657 g/mol. The van der Waals surface area contributed by atoms with Crippen LogP contribution >= 0.6 is 23.5 Å². The van der Waals surface area contributed by atoms with E-state index in [0.717, 1.165) is 61.2 Å². The van der Waals surface area contributed by atoms with Gasteiger partial charge in [0, 0.05) is 48.0 Å². The third-order valence-electron chi connectivity index (χ3n) is 7.43. The molecule has 0 aliphatic carbocycles. The Kier molecular flexibility index (Phi) is 10.9. The van der Waals surface area contributed by atoms with Crippen molar-refractivity contribution in [2.45, 2.75) is 30.8 Å². The Morgan fingerprint density at radius 2 is 1.20 bits per heavy atom. The maximum Gasteiger partial charge on any atom is 0.174 e. The minimum Gasteiger partial charge on any atom is -0.504 e. The van der Waals surface area contributed by atoms with Crippen molar-refractivity contribution in [3.8, 4) is 45.5 Å². The summed E-state index contributed by atoms with van der Waals surface area (Å²) in [7, 11) is 3.18. The average molecular weight is 693 g/mol. The molecule has 3 aromatic carbocycles. The first-order valence-corrected chi connectivity index (χ1v) is 17.6. The van der Waals surface area contributed by atoms with Crippen LogP contribution in [-0.2, 0) is 6.61 Å². The highest BCUT2D eigenvalue weighted by atomic mass is 32.2. The van der Waals surface area contributed by atoms with Crippen LogP contribution < -0.4 is 14.2 Å². The monoisotopic (exact) mass is 692 g/mol. The summed E-state index contributed by atoms with van der Waals surface area (Å²) in [6, 6.07) is 25.1. The zero-order valence-corrected chi connectivity index (χ0v) is 29.2. The van der Waals surface area contributed by atoms with E-state index in [0.29, 0.717) is 23.9 Å². The molecule has 0 aliphatic heterocycles. The average Bonchev–Trinajstić information content (AvgIpc) is 3.82. The second-order valence-corrected chi connectivity index (χ2v) is 13.0. The fourth-order valence-corrected chi connectivity index (χ4v) is 6.50. The van der Waals surface area contributed by atoms with Gasteiger partial charge in [-0.2, -0.15) is 0 Å². The molecule has 12 heteroatoms. The first-order valence-electron chi connectivity index (χ1n) is 15.7. The van der Waals surface area contributed by atoms with Crippen molar-refractivity contribution in [3.63, 3.8) is 0 Å². The van der Waals surface area contributed by atoms with Crippen molar-refractivity contribution in [2.75, 3.05) is 25.7 Å². The molecule has 4 heterocycles. The van der Waals surface area contributed by atoms with E-state index < -0.39 is 0 Å². The lowest BCUT2D eigenvalue weighted by Gasteiger charge is -2.13. The van der Waals surface area contributed by atoms with E-state index >= 15 is 0 Å². The van der Waals surface area contributed by atoms with Gasteiger partial charge in [-0.25, -0.2) is 19.9 Å². The molecule has 0 saturated heterocycles. The molecule has 0 aliphatic rings. The van der Waals surface area contributed by atoms with E-state index in [1.807, 2.05) is 87.9 Å². The number of methoxy groups -OCH3 is 2. The molecule has 1 N–H and O–H groups in total. The van der Waals surface area contributed by atoms with Gasteiger partial charge in [0.05, 0.1) is 25.6 Å². The van der Waals surface area contributed by atoms with Crippen molar-refractivity contribution in [2.24, 2.45) is 0 Å². The van der Waals surface area contributed by atoms with Gasteiger partial charge in [-0.15, -0.1) is 0 Å². The molecule has 0 atom stereocenters. The maximum absolute atomic E-state index is 9.69. The third kappa shape index (κ3) is 7.76. The highest BCUT2D eigenvalue weighted by Crippen LogP contribution is 2.34. The van der Waals surface area contributed by atoms with E-state index in [4.69, 9.17) is 19.2 Å². The summed E-state index contributed by atoms with van der Waals surface area (Å²) in [5.41, 5.74) is 6.36. The predicted molar refractivity (Wildman–Crippen MR) is 195 cm³/mol. The van der Waals surface area contributed by atoms with Crippen LogP contribution in [0.2, 0.25) is 0 Å². The van der Waals surface area contributed by atoms with Crippen LogP contribution in [0, 0.1) is 0 Å². The van der Waals surface area contributed by atoms with Crippen LogP contribution in [0.15, 0.2) is 114 Å². The van der Waals surface area contributed by atoms with Crippen LogP contribution in [0.5, 0.6) is 23.0 Å². The largest absolute Gasteiger partial charge is 0.504 e. The van der Waals surface area contributed by atoms with E-state index in [1.165, 1.54) is 7.11 Å². The number of hydrogen-bond acceptors (Lipinski definition) is 10. The number of fused-ring (bicyclic) bond motifs is 2. The third-order valence-corrected chi connectivity index (χ3v) is 9.10. The number of rotatable bonds is 11. The molecule has 4 aromatic heterocycles. The molecule has 0 amide bonds. The van der Waals surface area contributed by atoms with Crippen molar-refractivity contribution in [1.29, 1.82) is 0 Å². The van der Waals surface area contributed by atoms with Crippen LogP contribution in [0.25, 0.3) is 33.8 Å². The Hall–Kier alpha value is -5.20. The lowest BCUT2D eigenvalue weighted by atomic mass is 10.1. The molecule has 10 nitrogen and oxygen atoms in total. The topological polar surface area (TPSA) is 108 Å². The molecule has 7 aromatic rings. The van der Waals surface area contributed by atoms with Crippen LogP contribution in [-0.4, -0.2) is 59.6 Å². The van der Waals surface area contributed by atoms with Crippen LogP contribution in [0.3, 0.4) is 0 Å². The predicted octanol–water partition coefficient (Wildman–Crippen LogP) is 8.32. The second-order valence-electron chi connectivity index (χ2n) is 10.6. The van der Waals surface area contributed by atoms with Gasteiger partial charge >= 0.3 is 0 Å². The smallest absolute Gasteiger partial charge is 0.174 e. The standard InChI is InChI=1S/C22H21N3O2S.C15H15N3O2S/c1-3-28-22-24-18(14-21-23-11-12-25(21)22)17-9-10-19(20(13-17)26-2)27-15-16-7-5-4-6-8-16;1-3-21-15-17-11(9-14-16-6-7-18(14)15)10-4-5-12(19)13(8-10)20-2/h4-14H,3,15H2,1-2H3;4-9,19H,3H2,1-2H3. The van der Waals surface area contributed by atoms with Crippen molar-refractivity contribution in [1.82, 2.24) is 28.7 Å². The second kappa shape index (κ2) is 15.8. The summed E-state index contributed by atoms with van der Waals surface area (Å²) in [4.78, 5) is 18.3. The molecule has 0 saturated carbocycles. The van der Waals surface area contributed by atoms with Gasteiger partial charge in [-0.05, 0) is 53.5 Å². The van der Waals surface area contributed by atoms with Crippen molar-refractivity contribution >= 4 is 34.8 Å². The summed E-state index contributed by atoms with van der Waals surface area (Å²) >= 11 is 3.36. The van der Waals surface area contributed by atoms with Gasteiger partial charge in [-0.1, -0.05) is 67.7 Å². The van der Waals surface area contributed by atoms with Gasteiger partial charge in [0.15, 0.2) is 33.3 Å². The molecule has 7 rings (SSSR count).